The van der Waals surface area contributed by atoms with Crippen molar-refractivity contribution in [2.24, 2.45) is 0 Å². The largest absolute Gasteiger partial charge is 0.456 e. The number of benzene rings is 10. The Kier molecular flexibility index (Phi) is 9.06. The second-order valence-corrected chi connectivity index (χ2v) is 17.1. The fourth-order valence-corrected chi connectivity index (χ4v) is 10.4. The first-order chi connectivity index (χ1) is 31.2. The van der Waals surface area contributed by atoms with Gasteiger partial charge in [-0.1, -0.05) is 170 Å². The normalized spacial score (nSPS) is 11.5. The highest BCUT2D eigenvalue weighted by atomic mass is 32.1. The molecular formula is C60H39NOS. The standard InChI is InChI=1S/C60H39NOS/c1-3-13-40(14-4-1)42-25-31-48(32-26-42)61(49-33-27-43(28-34-49)45-29-36-54-53-20-8-10-24-58(53)63-59(54)39-45)55-22-12-21-50(46-30-35-52-51-19-7-9-23-56(51)62-57(52)38-46)60(55)47-18-11-17-44(37-47)41-15-5-2-6-16-41/h1-39H. The van der Waals surface area contributed by atoms with Crippen LogP contribution in [0.1, 0.15) is 0 Å². The Hall–Kier alpha value is -7.98. The fourth-order valence-electron chi connectivity index (χ4n) is 9.22. The first-order valence-electron chi connectivity index (χ1n) is 21.4. The number of furan rings is 1. The third-order valence-electron chi connectivity index (χ3n) is 12.3. The molecule has 0 atom stereocenters. The minimum Gasteiger partial charge on any atom is -0.456 e. The monoisotopic (exact) mass is 821 g/mol. The molecular weight excluding hydrogens is 783 g/mol. The lowest BCUT2D eigenvalue weighted by molar-refractivity contribution is 0.669. The molecule has 12 aromatic rings. The second-order valence-electron chi connectivity index (χ2n) is 16.1. The summed E-state index contributed by atoms with van der Waals surface area (Å²) in [6, 6.07) is 85.5. The molecule has 296 valence electrons. The van der Waals surface area contributed by atoms with Gasteiger partial charge >= 0.3 is 0 Å². The van der Waals surface area contributed by atoms with E-state index in [1.165, 1.54) is 53.6 Å². The molecule has 2 nitrogen and oxygen atoms in total. The van der Waals surface area contributed by atoms with Crippen molar-refractivity contribution >= 4 is 70.5 Å². The van der Waals surface area contributed by atoms with Gasteiger partial charge in [-0.05, 0) is 117 Å². The van der Waals surface area contributed by atoms with Crippen LogP contribution in [0.5, 0.6) is 0 Å². The minimum atomic E-state index is 0.876. The predicted molar refractivity (Wildman–Crippen MR) is 268 cm³/mol. The van der Waals surface area contributed by atoms with Crippen molar-refractivity contribution in [2.45, 2.75) is 0 Å². The zero-order valence-electron chi connectivity index (χ0n) is 34.3. The van der Waals surface area contributed by atoms with Crippen molar-refractivity contribution in [1.82, 2.24) is 0 Å². The quantitative estimate of drug-likeness (QED) is 0.152. The number of hydrogen-bond acceptors (Lipinski definition) is 3. The summed E-state index contributed by atoms with van der Waals surface area (Å²) in [7, 11) is 0. The molecule has 0 unspecified atom stereocenters. The lowest BCUT2D eigenvalue weighted by atomic mass is 9.90. The molecule has 0 spiro atoms. The first-order valence-corrected chi connectivity index (χ1v) is 22.2. The number of nitrogens with zero attached hydrogens (tertiary/aromatic N) is 1. The predicted octanol–water partition coefficient (Wildman–Crippen LogP) is 17.8. The van der Waals surface area contributed by atoms with Crippen LogP contribution in [0.4, 0.5) is 17.1 Å². The number of para-hydroxylation sites is 1. The molecule has 12 rings (SSSR count). The highest BCUT2D eigenvalue weighted by Gasteiger charge is 2.22. The van der Waals surface area contributed by atoms with Crippen LogP contribution < -0.4 is 4.90 Å². The topological polar surface area (TPSA) is 16.4 Å². The lowest BCUT2D eigenvalue weighted by Gasteiger charge is -2.29. The maximum absolute atomic E-state index is 6.48. The minimum absolute atomic E-state index is 0.876. The molecule has 0 bridgehead atoms. The Balaban J connectivity index is 1.05. The zero-order valence-corrected chi connectivity index (χ0v) is 35.1. The van der Waals surface area contributed by atoms with Crippen LogP contribution in [0.15, 0.2) is 241 Å². The van der Waals surface area contributed by atoms with Crippen LogP contribution in [0, 0.1) is 0 Å². The molecule has 0 aliphatic heterocycles. The average molecular weight is 822 g/mol. The van der Waals surface area contributed by atoms with Crippen LogP contribution in [-0.4, -0.2) is 0 Å². The molecule has 0 aliphatic carbocycles. The van der Waals surface area contributed by atoms with Crippen LogP contribution in [0.25, 0.3) is 97.7 Å². The van der Waals surface area contributed by atoms with Gasteiger partial charge in [0.15, 0.2) is 0 Å². The number of fused-ring (bicyclic) bond motifs is 6. The van der Waals surface area contributed by atoms with Gasteiger partial charge in [-0.25, -0.2) is 0 Å². The van der Waals surface area contributed by atoms with E-state index in [1.807, 2.05) is 23.5 Å². The van der Waals surface area contributed by atoms with E-state index in [0.717, 1.165) is 61.3 Å². The van der Waals surface area contributed by atoms with Crippen molar-refractivity contribution in [2.75, 3.05) is 4.90 Å². The van der Waals surface area contributed by atoms with Crippen molar-refractivity contribution in [3.63, 3.8) is 0 Å². The Bertz CT molecular complexity index is 3600. The van der Waals surface area contributed by atoms with Gasteiger partial charge < -0.3 is 9.32 Å². The Labute approximate surface area is 370 Å². The summed E-state index contributed by atoms with van der Waals surface area (Å²) in [5.74, 6) is 0. The van der Waals surface area contributed by atoms with E-state index in [0.29, 0.717) is 0 Å². The summed E-state index contributed by atoms with van der Waals surface area (Å²) in [5.41, 5.74) is 16.6. The maximum atomic E-state index is 6.48. The van der Waals surface area contributed by atoms with Crippen molar-refractivity contribution in [3.8, 4) is 55.6 Å². The Morgan fingerprint density at radius 2 is 0.810 bits per heavy atom. The fraction of sp³-hybridized carbons (Fsp3) is 0. The van der Waals surface area contributed by atoms with E-state index in [9.17, 15) is 0 Å². The maximum Gasteiger partial charge on any atom is 0.136 e. The molecule has 0 N–H and O–H groups in total. The van der Waals surface area contributed by atoms with Gasteiger partial charge in [0.25, 0.3) is 0 Å². The van der Waals surface area contributed by atoms with Crippen molar-refractivity contribution in [1.29, 1.82) is 0 Å². The number of thiophene rings is 1. The highest BCUT2D eigenvalue weighted by molar-refractivity contribution is 7.25. The molecule has 3 heteroatoms. The number of hydrogen-bond donors (Lipinski definition) is 0. The summed E-state index contributed by atoms with van der Waals surface area (Å²) < 4.78 is 9.10. The van der Waals surface area contributed by atoms with E-state index >= 15 is 0 Å². The van der Waals surface area contributed by atoms with Gasteiger partial charge in [-0.15, -0.1) is 11.3 Å². The van der Waals surface area contributed by atoms with E-state index in [4.69, 9.17) is 4.42 Å². The smallest absolute Gasteiger partial charge is 0.136 e. The zero-order chi connectivity index (χ0) is 41.7. The van der Waals surface area contributed by atoms with Crippen LogP contribution >= 0.6 is 11.3 Å². The van der Waals surface area contributed by atoms with Gasteiger partial charge in [0.1, 0.15) is 11.2 Å². The van der Waals surface area contributed by atoms with Crippen LogP contribution in [0.2, 0.25) is 0 Å². The van der Waals surface area contributed by atoms with Gasteiger partial charge in [-0.2, -0.15) is 0 Å². The number of anilines is 3. The number of rotatable bonds is 8. The van der Waals surface area contributed by atoms with Crippen molar-refractivity contribution < 1.29 is 4.42 Å². The summed E-state index contributed by atoms with van der Waals surface area (Å²) in [6.45, 7) is 0. The second kappa shape index (κ2) is 15.5. The van der Waals surface area contributed by atoms with E-state index < -0.39 is 0 Å². The average Bonchev–Trinajstić information content (AvgIpc) is 3.93. The van der Waals surface area contributed by atoms with Crippen LogP contribution in [0.3, 0.4) is 0 Å². The summed E-state index contributed by atoms with van der Waals surface area (Å²) in [4.78, 5) is 2.42. The molecule has 63 heavy (non-hydrogen) atoms. The van der Waals surface area contributed by atoms with Gasteiger partial charge in [0, 0.05) is 47.9 Å². The van der Waals surface area contributed by atoms with E-state index in [-0.39, 0.29) is 0 Å². The van der Waals surface area contributed by atoms with Gasteiger partial charge in [0.2, 0.25) is 0 Å². The summed E-state index contributed by atoms with van der Waals surface area (Å²) in [5, 5.41) is 4.87. The summed E-state index contributed by atoms with van der Waals surface area (Å²) in [6.07, 6.45) is 0. The van der Waals surface area contributed by atoms with Gasteiger partial charge in [0.05, 0.1) is 5.69 Å². The summed E-state index contributed by atoms with van der Waals surface area (Å²) >= 11 is 1.86. The molecule has 0 amide bonds. The Morgan fingerprint density at radius 3 is 1.57 bits per heavy atom. The SMILES string of the molecule is c1ccc(-c2ccc(N(c3ccc(-c4ccc5c(c4)sc4ccccc45)cc3)c3cccc(-c4ccc5c(c4)oc4ccccc45)c3-c3cccc(-c4ccccc4)c3)cc2)cc1. The molecule has 2 aromatic heterocycles. The van der Waals surface area contributed by atoms with Crippen LogP contribution in [-0.2, 0) is 0 Å². The molecule has 0 saturated heterocycles. The van der Waals surface area contributed by atoms with E-state index in [2.05, 4.69) is 229 Å². The highest BCUT2D eigenvalue weighted by Crippen LogP contribution is 2.47. The Morgan fingerprint density at radius 1 is 0.302 bits per heavy atom. The van der Waals surface area contributed by atoms with Crippen molar-refractivity contribution in [3.05, 3.63) is 237 Å². The molecule has 0 radical (unpaired) electrons. The molecule has 10 aromatic carbocycles. The molecule has 0 fully saturated rings. The first kappa shape index (κ1) is 36.8. The lowest BCUT2D eigenvalue weighted by Crippen LogP contribution is -2.12. The molecule has 0 saturated carbocycles. The molecule has 0 aliphatic rings. The van der Waals surface area contributed by atoms with Gasteiger partial charge in [-0.3, -0.25) is 0 Å². The van der Waals surface area contributed by atoms with E-state index in [1.54, 1.807) is 0 Å². The third-order valence-corrected chi connectivity index (χ3v) is 13.4. The third kappa shape index (κ3) is 6.67. The molecule has 2 heterocycles.